The Balaban J connectivity index is 1.59. The number of amides is 4. The lowest BCUT2D eigenvalue weighted by Crippen LogP contribution is -2.46. The summed E-state index contributed by atoms with van der Waals surface area (Å²) in [6, 6.07) is 14.1. The maximum atomic E-state index is 13.2. The number of hydrogen-bond donors (Lipinski definition) is 2. The van der Waals surface area contributed by atoms with Crippen LogP contribution >= 0.6 is 0 Å². The van der Waals surface area contributed by atoms with E-state index in [0.29, 0.717) is 11.1 Å². The lowest BCUT2D eigenvalue weighted by Gasteiger charge is -2.20. The smallest absolute Gasteiger partial charge is 0.259 e. The molecule has 0 saturated carbocycles. The van der Waals surface area contributed by atoms with Crippen LogP contribution in [0.25, 0.3) is 33.0 Å². The van der Waals surface area contributed by atoms with E-state index < -0.39 is 36.2 Å². The summed E-state index contributed by atoms with van der Waals surface area (Å²) in [5, 5.41) is 4.02. The zero-order chi connectivity index (χ0) is 27.8. The molecule has 10 heteroatoms. The lowest BCUT2D eigenvalue weighted by molar-refractivity contribution is -0.144. The quantitative estimate of drug-likeness (QED) is 0.338. The normalized spacial score (nSPS) is 14.2. The van der Waals surface area contributed by atoms with Crippen molar-refractivity contribution in [1.82, 2.24) is 19.4 Å². The van der Waals surface area contributed by atoms with E-state index in [-0.39, 0.29) is 24.1 Å². The predicted molar refractivity (Wildman–Crippen MR) is 146 cm³/mol. The molecule has 4 amide bonds. The SMILES string of the molecule is C[C@H](N)C(=O)N(C[C]=O)C(=O)CCn1cc(C2=C(c3cn(C)c4ccccc34)C(=O)NC2=O)c2ccccc21. The van der Waals surface area contributed by atoms with Gasteiger partial charge in [-0.1, -0.05) is 36.4 Å². The van der Waals surface area contributed by atoms with Gasteiger partial charge in [-0.3, -0.25) is 34.2 Å². The summed E-state index contributed by atoms with van der Waals surface area (Å²) in [5.74, 6) is -2.21. The molecule has 2 aromatic carbocycles. The number of nitrogens with two attached hydrogens (primary N) is 1. The molecule has 0 unspecified atom stereocenters. The first-order valence-electron chi connectivity index (χ1n) is 12.4. The van der Waals surface area contributed by atoms with Crippen LogP contribution in [0.3, 0.4) is 0 Å². The van der Waals surface area contributed by atoms with E-state index in [2.05, 4.69) is 5.32 Å². The van der Waals surface area contributed by atoms with Gasteiger partial charge in [0.1, 0.15) is 0 Å². The van der Waals surface area contributed by atoms with Crippen LogP contribution in [0, 0.1) is 0 Å². The molecule has 3 N–H and O–H groups in total. The molecule has 3 heterocycles. The monoisotopic (exact) mass is 524 g/mol. The van der Waals surface area contributed by atoms with Gasteiger partial charge in [0, 0.05) is 65.3 Å². The van der Waals surface area contributed by atoms with Crippen molar-refractivity contribution in [1.29, 1.82) is 0 Å². The Bertz CT molecular complexity index is 1710. The van der Waals surface area contributed by atoms with Gasteiger partial charge in [-0.15, -0.1) is 0 Å². The van der Waals surface area contributed by atoms with Gasteiger partial charge >= 0.3 is 0 Å². The number of para-hydroxylation sites is 2. The number of rotatable bonds is 8. The standard InChI is InChI=1S/C29H26N5O5/c1-17(30)29(39)34(13-14-35)24(36)11-12-33-16-21(19-8-4-6-10-23(19)33)26-25(27(37)31-28(26)38)20-15-32(2)22-9-5-3-7-18(20)22/h3-10,15-17H,11-13,30H2,1-2H3,(H,31,37,38)/t17-/m0/s1. The number of hydrogen-bond acceptors (Lipinski definition) is 6. The van der Waals surface area contributed by atoms with Crippen molar-refractivity contribution in [3.05, 3.63) is 72.1 Å². The highest BCUT2D eigenvalue weighted by molar-refractivity contribution is 6.50. The van der Waals surface area contributed by atoms with Crippen molar-refractivity contribution >= 4 is 62.9 Å². The topological polar surface area (TPSA) is 136 Å². The molecule has 1 aliphatic heterocycles. The second-order valence-corrected chi connectivity index (χ2v) is 9.46. The summed E-state index contributed by atoms with van der Waals surface area (Å²) >= 11 is 0. The van der Waals surface area contributed by atoms with Gasteiger partial charge in [-0.2, -0.15) is 0 Å². The van der Waals surface area contributed by atoms with E-state index >= 15 is 0 Å². The average molecular weight is 525 g/mol. The molecule has 0 spiro atoms. The first-order chi connectivity index (χ1) is 18.7. The summed E-state index contributed by atoms with van der Waals surface area (Å²) < 4.78 is 3.71. The number of fused-ring (bicyclic) bond motifs is 2. The molecule has 197 valence electrons. The molecule has 1 atom stereocenters. The molecule has 0 bridgehead atoms. The summed E-state index contributed by atoms with van der Waals surface area (Å²) in [6.45, 7) is 1.10. The second-order valence-electron chi connectivity index (χ2n) is 9.46. The van der Waals surface area contributed by atoms with Crippen molar-refractivity contribution < 1.29 is 24.0 Å². The molecule has 4 aromatic rings. The van der Waals surface area contributed by atoms with Crippen LogP contribution in [0.4, 0.5) is 0 Å². The van der Waals surface area contributed by atoms with Crippen LogP contribution in [-0.2, 0) is 37.6 Å². The Kier molecular flexibility index (Phi) is 6.71. The van der Waals surface area contributed by atoms with Crippen molar-refractivity contribution in [2.75, 3.05) is 6.54 Å². The third-order valence-corrected chi connectivity index (χ3v) is 6.90. The van der Waals surface area contributed by atoms with E-state index in [0.717, 1.165) is 26.7 Å². The fourth-order valence-electron chi connectivity index (χ4n) is 5.09. The summed E-state index contributed by atoms with van der Waals surface area (Å²) in [4.78, 5) is 63.2. The Morgan fingerprint density at radius 3 is 2.13 bits per heavy atom. The van der Waals surface area contributed by atoms with Crippen LogP contribution in [0.5, 0.6) is 0 Å². The van der Waals surface area contributed by atoms with Crippen LogP contribution < -0.4 is 11.1 Å². The molecule has 1 aliphatic rings. The minimum absolute atomic E-state index is 0.0986. The molecule has 39 heavy (non-hydrogen) atoms. The van der Waals surface area contributed by atoms with E-state index in [4.69, 9.17) is 5.73 Å². The van der Waals surface area contributed by atoms with Gasteiger partial charge in [0.2, 0.25) is 18.1 Å². The van der Waals surface area contributed by atoms with Crippen molar-refractivity contribution in [3.63, 3.8) is 0 Å². The average Bonchev–Trinajstić information content (AvgIpc) is 3.55. The largest absolute Gasteiger partial charge is 0.350 e. The zero-order valence-corrected chi connectivity index (χ0v) is 21.4. The minimum atomic E-state index is -0.945. The summed E-state index contributed by atoms with van der Waals surface area (Å²) in [7, 11) is 1.88. The first kappa shape index (κ1) is 25.8. The highest BCUT2D eigenvalue weighted by Crippen LogP contribution is 2.38. The van der Waals surface area contributed by atoms with E-state index in [9.17, 15) is 24.0 Å². The second kappa shape index (κ2) is 10.1. The molecular weight excluding hydrogens is 498 g/mol. The highest BCUT2D eigenvalue weighted by atomic mass is 16.2. The molecule has 0 fully saturated rings. The number of carbonyl (C=O) groups excluding carboxylic acids is 5. The summed E-state index contributed by atoms with van der Waals surface area (Å²) in [6.07, 6.45) is 5.06. The summed E-state index contributed by atoms with van der Waals surface area (Å²) in [5.41, 5.74) is 9.02. The lowest BCUT2D eigenvalue weighted by atomic mass is 9.95. The number of aryl methyl sites for hydroxylation is 2. The van der Waals surface area contributed by atoms with E-state index in [1.54, 1.807) is 17.1 Å². The Labute approximate surface area is 223 Å². The van der Waals surface area contributed by atoms with Gasteiger partial charge in [0.25, 0.3) is 11.8 Å². The maximum absolute atomic E-state index is 13.2. The van der Waals surface area contributed by atoms with Crippen LogP contribution in [-0.4, -0.2) is 56.5 Å². The van der Waals surface area contributed by atoms with Gasteiger partial charge in [-0.05, 0) is 19.1 Å². The minimum Gasteiger partial charge on any atom is -0.350 e. The fraction of sp³-hybridized carbons (Fsp3) is 0.207. The van der Waals surface area contributed by atoms with Crippen LogP contribution in [0.1, 0.15) is 24.5 Å². The van der Waals surface area contributed by atoms with E-state index in [1.807, 2.05) is 66.3 Å². The number of nitrogens with one attached hydrogen (secondary N) is 1. The molecule has 0 aliphatic carbocycles. The van der Waals surface area contributed by atoms with Gasteiger partial charge in [-0.25, -0.2) is 0 Å². The molecular formula is C29H26N5O5. The molecule has 0 saturated heterocycles. The Morgan fingerprint density at radius 2 is 1.51 bits per heavy atom. The van der Waals surface area contributed by atoms with Crippen LogP contribution in [0.2, 0.25) is 0 Å². The number of nitrogens with zero attached hydrogens (tertiary/aromatic N) is 3. The number of imide groups is 2. The Morgan fingerprint density at radius 1 is 0.949 bits per heavy atom. The number of aromatic nitrogens is 2. The highest BCUT2D eigenvalue weighted by Gasteiger charge is 2.35. The maximum Gasteiger partial charge on any atom is 0.259 e. The third-order valence-electron chi connectivity index (χ3n) is 6.90. The van der Waals surface area contributed by atoms with Crippen molar-refractivity contribution in [2.24, 2.45) is 12.8 Å². The zero-order valence-electron chi connectivity index (χ0n) is 21.4. The van der Waals surface area contributed by atoms with Gasteiger partial charge in [0.15, 0.2) is 0 Å². The molecule has 5 rings (SSSR count). The number of benzene rings is 2. The number of carbonyl (C=O) groups is 4. The van der Waals surface area contributed by atoms with Gasteiger partial charge in [0.05, 0.1) is 23.7 Å². The van der Waals surface area contributed by atoms with Crippen molar-refractivity contribution in [3.8, 4) is 0 Å². The first-order valence-corrected chi connectivity index (χ1v) is 12.4. The fourth-order valence-corrected chi connectivity index (χ4v) is 5.09. The Hall–Kier alpha value is -4.83. The molecule has 10 nitrogen and oxygen atoms in total. The molecule has 1 radical (unpaired) electrons. The third kappa shape index (κ3) is 4.44. The predicted octanol–water partition coefficient (Wildman–Crippen LogP) is 1.90. The van der Waals surface area contributed by atoms with Gasteiger partial charge < -0.3 is 14.9 Å². The van der Waals surface area contributed by atoms with Crippen molar-refractivity contribution in [2.45, 2.75) is 25.9 Å². The van der Waals surface area contributed by atoms with Crippen LogP contribution in [0.15, 0.2) is 60.9 Å². The van der Waals surface area contributed by atoms with E-state index in [1.165, 1.54) is 6.92 Å². The molecule has 2 aromatic heterocycles.